The molecule has 0 amide bonds. The number of nitrogens with one attached hydrogen (secondary N) is 1. The molecule has 0 aliphatic heterocycles. The molecule has 0 aliphatic rings. The second-order valence-electron chi connectivity index (χ2n) is 5.33. The zero-order chi connectivity index (χ0) is 17.7. The van der Waals surface area contributed by atoms with Gasteiger partial charge in [-0.15, -0.1) is 0 Å². The van der Waals surface area contributed by atoms with Crippen LogP contribution in [0.5, 0.6) is 0 Å². The van der Waals surface area contributed by atoms with Crippen molar-refractivity contribution in [2.75, 3.05) is 6.54 Å². The molecule has 0 atom stereocenters. The van der Waals surface area contributed by atoms with Gasteiger partial charge in [0, 0.05) is 6.42 Å². The molecule has 0 heterocycles. The minimum absolute atomic E-state index is 0.101. The lowest BCUT2D eigenvalue weighted by atomic mass is 10.1. The third-order valence-electron chi connectivity index (χ3n) is 3.39. The van der Waals surface area contributed by atoms with Crippen molar-refractivity contribution in [3.05, 3.63) is 65.2 Å². The van der Waals surface area contributed by atoms with E-state index in [0.717, 1.165) is 11.1 Å². The molecule has 0 saturated carbocycles. The standard InChI is InChI=1S/C17H17NO5S/c1-12-6-8-13(9-7-12)10-14(19)11-18-24(22,23)16-5-3-2-4-15(16)17(20)21/h2-9,18H,10-11H2,1H3,(H,20,21). The predicted octanol–water partition coefficient (Wildman–Crippen LogP) is 1.78. The van der Waals surface area contributed by atoms with E-state index < -0.39 is 22.5 Å². The lowest BCUT2D eigenvalue weighted by molar-refractivity contribution is -0.117. The lowest BCUT2D eigenvalue weighted by Crippen LogP contribution is -2.31. The summed E-state index contributed by atoms with van der Waals surface area (Å²) in [5.74, 6) is -1.66. The van der Waals surface area contributed by atoms with Crippen LogP contribution in [0.3, 0.4) is 0 Å². The maximum atomic E-state index is 12.2. The maximum Gasteiger partial charge on any atom is 0.337 e. The van der Waals surface area contributed by atoms with Gasteiger partial charge < -0.3 is 5.11 Å². The van der Waals surface area contributed by atoms with Gasteiger partial charge in [0.15, 0.2) is 5.78 Å². The second-order valence-corrected chi connectivity index (χ2v) is 7.06. The second kappa shape index (κ2) is 7.37. The Hall–Kier alpha value is -2.51. The van der Waals surface area contributed by atoms with Crippen molar-refractivity contribution in [2.45, 2.75) is 18.2 Å². The molecule has 2 aromatic rings. The molecular weight excluding hydrogens is 330 g/mol. The quantitative estimate of drug-likeness (QED) is 0.795. The lowest BCUT2D eigenvalue weighted by Gasteiger charge is -2.09. The largest absolute Gasteiger partial charge is 0.478 e. The van der Waals surface area contributed by atoms with Crippen LogP contribution in [0.15, 0.2) is 53.4 Å². The average Bonchev–Trinajstić information content (AvgIpc) is 2.55. The van der Waals surface area contributed by atoms with E-state index in [4.69, 9.17) is 5.11 Å². The zero-order valence-corrected chi connectivity index (χ0v) is 13.8. The first-order chi connectivity index (χ1) is 11.3. The van der Waals surface area contributed by atoms with Gasteiger partial charge in [0.1, 0.15) is 0 Å². The number of rotatable bonds is 7. The fraction of sp³-hybridized carbons (Fsp3) is 0.176. The SMILES string of the molecule is Cc1ccc(CC(=O)CNS(=O)(=O)c2ccccc2C(=O)O)cc1. The smallest absolute Gasteiger partial charge is 0.337 e. The Morgan fingerprint density at radius 2 is 1.67 bits per heavy atom. The van der Waals surface area contributed by atoms with Gasteiger partial charge in [-0.05, 0) is 24.6 Å². The van der Waals surface area contributed by atoms with Gasteiger partial charge in [-0.1, -0.05) is 42.0 Å². The van der Waals surface area contributed by atoms with Gasteiger partial charge in [-0.25, -0.2) is 17.9 Å². The molecule has 2 rings (SSSR count). The number of carbonyl (C=O) groups excluding carboxylic acids is 1. The van der Waals surface area contributed by atoms with E-state index in [0.29, 0.717) is 0 Å². The first-order valence-corrected chi connectivity index (χ1v) is 8.67. The van der Waals surface area contributed by atoms with E-state index in [1.54, 1.807) is 0 Å². The molecule has 0 spiro atoms. The summed E-state index contributed by atoms with van der Waals surface area (Å²) in [6.45, 7) is 1.53. The number of benzene rings is 2. The number of hydrogen-bond donors (Lipinski definition) is 2. The van der Waals surface area contributed by atoms with E-state index in [-0.39, 0.29) is 22.7 Å². The average molecular weight is 347 g/mol. The normalized spacial score (nSPS) is 11.2. The first-order valence-electron chi connectivity index (χ1n) is 7.19. The van der Waals surface area contributed by atoms with Crippen molar-refractivity contribution >= 4 is 21.8 Å². The molecule has 6 nitrogen and oxygen atoms in total. The fourth-order valence-electron chi connectivity index (χ4n) is 2.13. The van der Waals surface area contributed by atoms with Crippen LogP contribution < -0.4 is 4.72 Å². The molecule has 2 N–H and O–H groups in total. The van der Waals surface area contributed by atoms with Gasteiger partial charge in [0.2, 0.25) is 10.0 Å². The maximum absolute atomic E-state index is 12.2. The summed E-state index contributed by atoms with van der Waals surface area (Å²) in [6.07, 6.45) is 0.101. The molecule has 0 aliphatic carbocycles. The van der Waals surface area contributed by atoms with Gasteiger partial charge in [0.25, 0.3) is 0 Å². The van der Waals surface area contributed by atoms with E-state index in [2.05, 4.69) is 4.72 Å². The Balaban J connectivity index is 2.06. The molecule has 0 aromatic heterocycles. The number of Topliss-reactive ketones (excluding diaryl/α,β-unsaturated/α-hetero) is 1. The molecular formula is C17H17NO5S. The molecule has 24 heavy (non-hydrogen) atoms. The monoisotopic (exact) mass is 347 g/mol. The molecule has 0 fully saturated rings. The van der Waals surface area contributed by atoms with E-state index in [1.807, 2.05) is 31.2 Å². The van der Waals surface area contributed by atoms with Crippen LogP contribution in [0.1, 0.15) is 21.5 Å². The number of hydrogen-bond acceptors (Lipinski definition) is 4. The Bertz CT molecular complexity index is 857. The zero-order valence-electron chi connectivity index (χ0n) is 13.0. The Kier molecular flexibility index (Phi) is 5.48. The Morgan fingerprint density at radius 3 is 2.29 bits per heavy atom. The molecule has 0 unspecified atom stereocenters. The minimum atomic E-state index is -4.08. The van der Waals surface area contributed by atoms with Gasteiger partial charge in [0.05, 0.1) is 17.0 Å². The Morgan fingerprint density at radius 1 is 1.04 bits per heavy atom. The van der Waals surface area contributed by atoms with Gasteiger partial charge in [-0.2, -0.15) is 0 Å². The van der Waals surface area contributed by atoms with E-state index >= 15 is 0 Å². The highest BCUT2D eigenvalue weighted by molar-refractivity contribution is 7.89. The van der Waals surface area contributed by atoms with Crippen LogP contribution in [-0.4, -0.2) is 31.8 Å². The number of ketones is 1. The van der Waals surface area contributed by atoms with Crippen molar-refractivity contribution in [3.63, 3.8) is 0 Å². The van der Waals surface area contributed by atoms with Crippen LogP contribution in [0.25, 0.3) is 0 Å². The third kappa shape index (κ3) is 4.50. The van der Waals surface area contributed by atoms with Crippen LogP contribution in [0.2, 0.25) is 0 Å². The van der Waals surface area contributed by atoms with Crippen molar-refractivity contribution in [2.24, 2.45) is 0 Å². The highest BCUT2D eigenvalue weighted by Gasteiger charge is 2.22. The Labute approximate surface area is 140 Å². The number of carboxylic acids is 1. The van der Waals surface area contributed by atoms with E-state index in [1.165, 1.54) is 24.3 Å². The number of sulfonamides is 1. The summed E-state index contributed by atoms with van der Waals surface area (Å²) in [4.78, 5) is 22.7. The predicted molar refractivity (Wildman–Crippen MR) is 88.5 cm³/mol. The van der Waals surface area contributed by atoms with Crippen molar-refractivity contribution in [1.29, 1.82) is 0 Å². The molecule has 126 valence electrons. The summed E-state index contributed by atoms with van der Waals surface area (Å²) in [6, 6.07) is 12.6. The van der Waals surface area contributed by atoms with Crippen molar-refractivity contribution in [3.8, 4) is 0 Å². The molecule has 7 heteroatoms. The van der Waals surface area contributed by atoms with Gasteiger partial charge in [-0.3, -0.25) is 4.79 Å². The van der Waals surface area contributed by atoms with Crippen LogP contribution in [0, 0.1) is 6.92 Å². The first kappa shape index (κ1) is 17.8. The number of aromatic carboxylic acids is 1. The number of carbonyl (C=O) groups is 2. The number of aryl methyl sites for hydroxylation is 1. The van der Waals surface area contributed by atoms with Crippen LogP contribution in [-0.2, 0) is 21.2 Å². The van der Waals surface area contributed by atoms with Crippen LogP contribution >= 0.6 is 0 Å². The van der Waals surface area contributed by atoms with Crippen molar-refractivity contribution < 1.29 is 23.1 Å². The summed E-state index contributed by atoms with van der Waals surface area (Å²) in [5.41, 5.74) is 1.52. The number of carboxylic acid groups (broad SMARTS) is 1. The molecule has 0 radical (unpaired) electrons. The minimum Gasteiger partial charge on any atom is -0.478 e. The molecule has 0 bridgehead atoms. The highest BCUT2D eigenvalue weighted by Crippen LogP contribution is 2.15. The third-order valence-corrected chi connectivity index (χ3v) is 4.85. The molecule has 0 saturated heterocycles. The molecule has 2 aromatic carbocycles. The topological polar surface area (TPSA) is 101 Å². The summed E-state index contributed by atoms with van der Waals surface area (Å²) < 4.78 is 26.6. The van der Waals surface area contributed by atoms with Gasteiger partial charge >= 0.3 is 5.97 Å². The summed E-state index contributed by atoms with van der Waals surface area (Å²) in [7, 11) is -4.08. The van der Waals surface area contributed by atoms with E-state index in [9.17, 15) is 18.0 Å². The fourth-order valence-corrected chi connectivity index (χ4v) is 3.34. The van der Waals surface area contributed by atoms with Crippen LogP contribution in [0.4, 0.5) is 0 Å². The van der Waals surface area contributed by atoms with Crippen molar-refractivity contribution in [1.82, 2.24) is 4.72 Å². The summed E-state index contributed by atoms with van der Waals surface area (Å²) in [5, 5.41) is 9.06. The summed E-state index contributed by atoms with van der Waals surface area (Å²) >= 11 is 0. The highest BCUT2D eigenvalue weighted by atomic mass is 32.2.